The number of benzene rings is 1. The number of hydrogen-bond acceptors (Lipinski definition) is 7. The van der Waals surface area contributed by atoms with Crippen molar-refractivity contribution in [3.8, 4) is 0 Å². The smallest absolute Gasteiger partial charge is 0.270 e. The lowest BCUT2D eigenvalue weighted by atomic mass is 10.00. The number of carbonyl (C=O) groups excluding carboxylic acids is 1. The van der Waals surface area contributed by atoms with E-state index in [9.17, 15) is 9.90 Å². The predicted molar refractivity (Wildman–Crippen MR) is 108 cm³/mol. The van der Waals surface area contributed by atoms with Crippen LogP contribution in [0, 0.1) is 0 Å². The Morgan fingerprint density at radius 1 is 1.25 bits per heavy atom. The molecular weight excluding hydrogens is 358 g/mol. The zero-order valence-electron chi connectivity index (χ0n) is 16.1. The van der Waals surface area contributed by atoms with Crippen LogP contribution in [0.15, 0.2) is 46.0 Å². The first-order valence-corrected chi connectivity index (χ1v) is 9.46. The predicted octanol–water partition coefficient (Wildman–Crippen LogP) is -0.230. The number of carbonyl (C=O) groups is 1. The largest absolute Gasteiger partial charge is 0.400 e. The van der Waals surface area contributed by atoms with Gasteiger partial charge in [-0.3, -0.25) is 14.7 Å². The summed E-state index contributed by atoms with van der Waals surface area (Å²) in [6.45, 7) is 4.04. The Kier molecular flexibility index (Phi) is 6.91. The number of nitrogens with zero attached hydrogens (tertiary/aromatic N) is 4. The van der Waals surface area contributed by atoms with E-state index in [1.807, 2.05) is 11.0 Å². The van der Waals surface area contributed by atoms with Gasteiger partial charge in [-0.15, -0.1) is 0 Å². The van der Waals surface area contributed by atoms with E-state index >= 15 is 0 Å². The van der Waals surface area contributed by atoms with Crippen LogP contribution in [-0.2, 0) is 17.8 Å². The van der Waals surface area contributed by atoms with Crippen molar-refractivity contribution in [2.24, 2.45) is 9.98 Å². The standard InChI is InChI=1S/C19H23N5O2.CH4O/c25-16(12-23-7-5-14-3-1-2-4-15(14)11-23)10-21-19(26)17-9-18-20-6-8-24(18)13-22-17;1-2/h1-4,9,13,16,25H,5-8,10-12H2,(H,21,26);2H,1H3. The minimum Gasteiger partial charge on any atom is -0.400 e. The summed E-state index contributed by atoms with van der Waals surface area (Å²) in [6, 6.07) is 8.42. The maximum atomic E-state index is 12.3. The molecule has 0 aliphatic carbocycles. The van der Waals surface area contributed by atoms with Crippen molar-refractivity contribution in [1.29, 1.82) is 0 Å². The quantitative estimate of drug-likeness (QED) is 0.650. The molecule has 3 N–H and O–H groups in total. The van der Waals surface area contributed by atoms with Crippen molar-refractivity contribution in [1.82, 2.24) is 15.1 Å². The molecule has 0 saturated heterocycles. The molecule has 3 aliphatic rings. The van der Waals surface area contributed by atoms with Gasteiger partial charge in [-0.2, -0.15) is 0 Å². The zero-order valence-corrected chi connectivity index (χ0v) is 16.1. The van der Waals surface area contributed by atoms with Crippen molar-refractivity contribution in [3.05, 3.63) is 47.2 Å². The van der Waals surface area contributed by atoms with Crippen LogP contribution in [0.4, 0.5) is 0 Å². The molecule has 8 nitrogen and oxygen atoms in total. The maximum absolute atomic E-state index is 12.3. The van der Waals surface area contributed by atoms with E-state index in [1.165, 1.54) is 11.1 Å². The van der Waals surface area contributed by atoms with Crippen molar-refractivity contribution >= 4 is 18.1 Å². The minimum atomic E-state index is -0.613. The summed E-state index contributed by atoms with van der Waals surface area (Å²) in [6.07, 6.45) is 3.71. The fourth-order valence-electron chi connectivity index (χ4n) is 3.51. The molecule has 0 saturated carbocycles. The van der Waals surface area contributed by atoms with Gasteiger partial charge in [0.2, 0.25) is 0 Å². The number of β-amino-alcohol motifs (C(OH)–C–C–N with tert-alkyl or cyclic N) is 1. The normalized spacial score (nSPS) is 18.9. The van der Waals surface area contributed by atoms with Gasteiger partial charge >= 0.3 is 0 Å². The number of amidine groups is 1. The topological polar surface area (TPSA) is 101 Å². The molecule has 8 heteroatoms. The first kappa shape index (κ1) is 20.2. The molecule has 3 aliphatic heterocycles. The first-order chi connectivity index (χ1) is 13.7. The number of hydrogen-bond donors (Lipinski definition) is 3. The van der Waals surface area contributed by atoms with Crippen molar-refractivity contribution < 1.29 is 15.0 Å². The SMILES string of the molecule is CO.O=C(NCC(O)CN1CCc2ccccc2C1)C1=CC2=NCCN2C=N1. The van der Waals surface area contributed by atoms with Gasteiger partial charge < -0.3 is 20.4 Å². The molecule has 0 aromatic heterocycles. The molecule has 0 fully saturated rings. The van der Waals surface area contributed by atoms with E-state index in [0.29, 0.717) is 12.2 Å². The summed E-state index contributed by atoms with van der Waals surface area (Å²) in [5.41, 5.74) is 3.04. The summed E-state index contributed by atoms with van der Waals surface area (Å²) in [7, 11) is 1.00. The molecule has 1 aromatic rings. The molecule has 3 heterocycles. The van der Waals surface area contributed by atoms with E-state index in [-0.39, 0.29) is 12.5 Å². The molecule has 0 radical (unpaired) electrons. The Bertz CT molecular complexity index is 790. The van der Waals surface area contributed by atoms with Gasteiger partial charge in [0.1, 0.15) is 11.5 Å². The van der Waals surface area contributed by atoms with Gasteiger partial charge in [-0.25, -0.2) is 4.99 Å². The number of aliphatic hydroxyl groups excluding tert-OH is 2. The third-order valence-corrected chi connectivity index (χ3v) is 4.92. The van der Waals surface area contributed by atoms with Gasteiger partial charge in [0, 0.05) is 45.9 Å². The van der Waals surface area contributed by atoms with Crippen molar-refractivity contribution in [3.63, 3.8) is 0 Å². The highest BCUT2D eigenvalue weighted by atomic mass is 16.3. The fraction of sp³-hybridized carbons (Fsp3) is 0.450. The summed E-state index contributed by atoms with van der Waals surface area (Å²) < 4.78 is 0. The van der Waals surface area contributed by atoms with Crippen LogP contribution in [-0.4, -0.2) is 84.0 Å². The Hall–Kier alpha value is -2.55. The monoisotopic (exact) mass is 385 g/mol. The van der Waals surface area contributed by atoms with Gasteiger partial charge in [-0.05, 0) is 17.5 Å². The van der Waals surface area contributed by atoms with Crippen LogP contribution in [0.25, 0.3) is 0 Å². The second-order valence-corrected chi connectivity index (χ2v) is 6.83. The Labute approximate surface area is 164 Å². The van der Waals surface area contributed by atoms with E-state index in [0.717, 1.165) is 45.5 Å². The Morgan fingerprint density at radius 2 is 2.04 bits per heavy atom. The molecular formula is C20H27N5O3. The van der Waals surface area contributed by atoms with E-state index in [2.05, 4.69) is 38.4 Å². The van der Waals surface area contributed by atoms with Crippen LogP contribution in [0.3, 0.4) is 0 Å². The molecule has 0 spiro atoms. The molecule has 1 amide bonds. The van der Waals surface area contributed by atoms with Crippen molar-refractivity contribution in [2.75, 3.05) is 39.8 Å². The van der Waals surface area contributed by atoms with Crippen LogP contribution in [0.1, 0.15) is 11.1 Å². The van der Waals surface area contributed by atoms with E-state index < -0.39 is 6.10 Å². The number of nitrogens with one attached hydrogen (secondary N) is 1. The number of rotatable bonds is 5. The summed E-state index contributed by atoms with van der Waals surface area (Å²) in [5, 5.41) is 20.1. The number of fused-ring (bicyclic) bond motifs is 2. The lowest BCUT2D eigenvalue weighted by Crippen LogP contribution is -2.42. The average molecular weight is 385 g/mol. The lowest BCUT2D eigenvalue weighted by molar-refractivity contribution is -0.118. The highest BCUT2D eigenvalue weighted by Crippen LogP contribution is 2.18. The lowest BCUT2D eigenvalue weighted by Gasteiger charge is -2.30. The Morgan fingerprint density at radius 3 is 2.86 bits per heavy atom. The third kappa shape index (κ3) is 4.83. The summed E-state index contributed by atoms with van der Waals surface area (Å²) in [4.78, 5) is 24.9. The van der Waals surface area contributed by atoms with Gasteiger partial charge in [0.25, 0.3) is 5.91 Å². The van der Waals surface area contributed by atoms with Crippen molar-refractivity contribution in [2.45, 2.75) is 19.1 Å². The van der Waals surface area contributed by atoms with Crippen LogP contribution in [0.2, 0.25) is 0 Å². The molecule has 1 unspecified atom stereocenters. The van der Waals surface area contributed by atoms with Gasteiger partial charge in [-0.1, -0.05) is 24.3 Å². The molecule has 28 heavy (non-hydrogen) atoms. The summed E-state index contributed by atoms with van der Waals surface area (Å²) in [5.74, 6) is 0.497. The highest BCUT2D eigenvalue weighted by Gasteiger charge is 2.22. The van der Waals surface area contributed by atoms with Gasteiger partial charge in [0.15, 0.2) is 0 Å². The molecule has 1 atom stereocenters. The Balaban J connectivity index is 0.00000109. The molecule has 150 valence electrons. The van der Waals surface area contributed by atoms with Gasteiger partial charge in [0.05, 0.1) is 19.0 Å². The molecule has 4 rings (SSSR count). The second kappa shape index (κ2) is 9.59. The number of aliphatic imine (C=N–C) groups is 2. The first-order valence-electron chi connectivity index (χ1n) is 9.46. The highest BCUT2D eigenvalue weighted by molar-refractivity contribution is 6.10. The maximum Gasteiger partial charge on any atom is 0.270 e. The summed E-state index contributed by atoms with van der Waals surface area (Å²) >= 11 is 0. The van der Waals surface area contributed by atoms with Crippen LogP contribution >= 0.6 is 0 Å². The minimum absolute atomic E-state index is 0.208. The zero-order chi connectivity index (χ0) is 19.9. The van der Waals surface area contributed by atoms with E-state index in [4.69, 9.17) is 5.11 Å². The van der Waals surface area contributed by atoms with Crippen LogP contribution in [0.5, 0.6) is 0 Å². The molecule has 1 aromatic carbocycles. The third-order valence-electron chi connectivity index (χ3n) is 4.92. The number of amides is 1. The average Bonchev–Trinajstić information content (AvgIpc) is 3.21. The molecule has 0 bridgehead atoms. The van der Waals surface area contributed by atoms with E-state index in [1.54, 1.807) is 12.4 Å². The van der Waals surface area contributed by atoms with Crippen LogP contribution < -0.4 is 5.32 Å². The fourth-order valence-corrected chi connectivity index (χ4v) is 3.51. The number of aliphatic hydroxyl groups is 2. The second-order valence-electron chi connectivity index (χ2n) is 6.83.